The van der Waals surface area contributed by atoms with E-state index in [9.17, 15) is 18.3 Å². The maximum atomic E-state index is 12.2. The van der Waals surface area contributed by atoms with Crippen LogP contribution in [0.3, 0.4) is 0 Å². The summed E-state index contributed by atoms with van der Waals surface area (Å²) in [7, 11) is -3.28. The summed E-state index contributed by atoms with van der Waals surface area (Å²) < 4.78 is 27.7. The number of nitrogens with zero attached hydrogens (tertiary/aromatic N) is 2. The Kier molecular flexibility index (Phi) is 7.11. The van der Waals surface area contributed by atoms with Crippen molar-refractivity contribution in [1.82, 2.24) is 15.3 Å². The lowest BCUT2D eigenvalue weighted by molar-refractivity contribution is -0.0204. The summed E-state index contributed by atoms with van der Waals surface area (Å²) >= 11 is 6.03. The molecule has 0 aliphatic heterocycles. The highest BCUT2D eigenvalue weighted by Crippen LogP contribution is 2.26. The fourth-order valence-corrected chi connectivity index (χ4v) is 2.87. The molecule has 1 heterocycles. The summed E-state index contributed by atoms with van der Waals surface area (Å²) in [5.41, 5.74) is 0.724. The second kappa shape index (κ2) is 9.13. The molecular weight excluding hydrogens is 406 g/mol. The van der Waals surface area contributed by atoms with E-state index >= 15 is 0 Å². The number of carbonyl (C=O) groups is 1. The molecule has 150 valence electrons. The van der Waals surface area contributed by atoms with E-state index in [0.717, 1.165) is 11.7 Å². The minimum absolute atomic E-state index is 0.114. The van der Waals surface area contributed by atoms with Crippen LogP contribution in [0.4, 0.5) is 0 Å². The topological polar surface area (TPSA) is 118 Å². The molecule has 0 saturated carbocycles. The van der Waals surface area contributed by atoms with Crippen molar-refractivity contribution in [2.45, 2.75) is 26.2 Å². The number of aliphatic hydroxyl groups is 1. The van der Waals surface area contributed by atoms with E-state index in [4.69, 9.17) is 16.3 Å². The molecule has 0 bridgehead atoms. The van der Waals surface area contributed by atoms with E-state index in [1.54, 1.807) is 38.1 Å². The van der Waals surface area contributed by atoms with Gasteiger partial charge in [-0.05, 0) is 19.9 Å². The largest absolute Gasteiger partial charge is 0.457 e. The minimum atomic E-state index is -3.28. The van der Waals surface area contributed by atoms with Gasteiger partial charge in [-0.15, -0.1) is 0 Å². The molecule has 10 heteroatoms. The molecule has 0 fully saturated rings. The van der Waals surface area contributed by atoms with E-state index < -0.39 is 28.1 Å². The van der Waals surface area contributed by atoms with Crippen molar-refractivity contribution in [2.75, 3.05) is 6.26 Å². The summed E-state index contributed by atoms with van der Waals surface area (Å²) in [5.74, 6) is -0.502. The number of sulfone groups is 1. The van der Waals surface area contributed by atoms with Gasteiger partial charge in [0.2, 0.25) is 12.1 Å². The molecule has 0 unspecified atom stereocenters. The number of amides is 1. The SMILES string of the molecule is Cc1nc(C(=O)N[C@H](C)/C=C/S(C)(=O)=O)ncc1O[C@@H](O)c1ccccc1Cl. The smallest absolute Gasteiger partial charge is 0.289 e. The number of ether oxygens (including phenoxy) is 1. The van der Waals surface area contributed by atoms with Crippen LogP contribution in [0.15, 0.2) is 41.9 Å². The van der Waals surface area contributed by atoms with Gasteiger partial charge in [0.15, 0.2) is 15.6 Å². The molecule has 1 amide bonds. The van der Waals surface area contributed by atoms with Gasteiger partial charge in [0.1, 0.15) is 0 Å². The van der Waals surface area contributed by atoms with Crippen LogP contribution in [-0.2, 0) is 9.84 Å². The van der Waals surface area contributed by atoms with Crippen molar-refractivity contribution in [3.63, 3.8) is 0 Å². The first-order valence-electron chi connectivity index (χ1n) is 8.18. The molecule has 0 radical (unpaired) electrons. The highest BCUT2D eigenvalue weighted by molar-refractivity contribution is 7.93. The van der Waals surface area contributed by atoms with Crippen molar-refractivity contribution in [3.05, 3.63) is 64.1 Å². The van der Waals surface area contributed by atoms with Crippen LogP contribution < -0.4 is 10.1 Å². The fourth-order valence-electron chi connectivity index (χ4n) is 2.12. The van der Waals surface area contributed by atoms with Crippen LogP contribution in [-0.4, -0.2) is 41.7 Å². The third-order valence-electron chi connectivity index (χ3n) is 3.52. The number of halogens is 1. The molecule has 0 aliphatic carbocycles. The average molecular weight is 426 g/mol. The van der Waals surface area contributed by atoms with Gasteiger partial charge in [-0.3, -0.25) is 4.79 Å². The Morgan fingerprint density at radius 3 is 2.64 bits per heavy atom. The lowest BCUT2D eigenvalue weighted by atomic mass is 10.2. The average Bonchev–Trinajstić information content (AvgIpc) is 2.61. The van der Waals surface area contributed by atoms with Gasteiger partial charge in [-0.2, -0.15) is 0 Å². The van der Waals surface area contributed by atoms with Crippen molar-refractivity contribution in [1.29, 1.82) is 0 Å². The first-order valence-corrected chi connectivity index (χ1v) is 10.5. The zero-order valence-corrected chi connectivity index (χ0v) is 17.0. The number of hydrogen-bond donors (Lipinski definition) is 2. The molecule has 2 N–H and O–H groups in total. The fraction of sp³-hybridized carbons (Fsp3) is 0.278. The second-order valence-electron chi connectivity index (χ2n) is 6.06. The summed E-state index contributed by atoms with van der Waals surface area (Å²) in [5, 5.41) is 14.1. The monoisotopic (exact) mass is 425 g/mol. The Balaban J connectivity index is 2.08. The number of aromatic nitrogens is 2. The number of rotatable bonds is 7. The molecule has 1 aromatic heterocycles. The van der Waals surface area contributed by atoms with E-state index in [2.05, 4.69) is 15.3 Å². The number of benzene rings is 1. The van der Waals surface area contributed by atoms with E-state index in [1.807, 2.05) is 0 Å². The molecule has 2 atom stereocenters. The summed E-state index contributed by atoms with van der Waals surface area (Å²) in [6.45, 7) is 3.21. The molecule has 2 aromatic rings. The van der Waals surface area contributed by atoms with Crippen molar-refractivity contribution >= 4 is 27.3 Å². The second-order valence-corrected chi connectivity index (χ2v) is 8.39. The van der Waals surface area contributed by atoms with Crippen molar-refractivity contribution in [2.24, 2.45) is 0 Å². The minimum Gasteiger partial charge on any atom is -0.457 e. The van der Waals surface area contributed by atoms with E-state index in [1.165, 1.54) is 12.3 Å². The summed E-state index contributed by atoms with van der Waals surface area (Å²) in [6, 6.07) is 6.15. The van der Waals surface area contributed by atoms with Crippen LogP contribution in [0.5, 0.6) is 5.75 Å². The number of carbonyl (C=O) groups excluding carboxylic acids is 1. The molecule has 0 aliphatic rings. The van der Waals surface area contributed by atoms with Crippen LogP contribution in [0.1, 0.15) is 35.1 Å². The van der Waals surface area contributed by atoms with Gasteiger partial charge in [0.05, 0.1) is 11.9 Å². The number of hydrogen-bond acceptors (Lipinski definition) is 7. The number of nitrogens with one attached hydrogen (secondary N) is 1. The van der Waals surface area contributed by atoms with Gasteiger partial charge < -0.3 is 15.2 Å². The number of aryl methyl sites for hydroxylation is 1. The van der Waals surface area contributed by atoms with Gasteiger partial charge in [-0.1, -0.05) is 35.9 Å². The lowest BCUT2D eigenvalue weighted by Crippen LogP contribution is -2.32. The Labute approximate surface area is 168 Å². The van der Waals surface area contributed by atoms with E-state index in [-0.39, 0.29) is 11.6 Å². The van der Waals surface area contributed by atoms with Gasteiger partial charge in [-0.25, -0.2) is 18.4 Å². The van der Waals surface area contributed by atoms with Crippen LogP contribution in [0, 0.1) is 6.92 Å². The molecule has 28 heavy (non-hydrogen) atoms. The highest BCUT2D eigenvalue weighted by Gasteiger charge is 2.17. The molecular formula is C18H20ClN3O5S. The van der Waals surface area contributed by atoms with Crippen LogP contribution in [0.25, 0.3) is 0 Å². The lowest BCUT2D eigenvalue weighted by Gasteiger charge is -2.16. The predicted molar refractivity (Wildman–Crippen MR) is 105 cm³/mol. The Hall–Kier alpha value is -2.49. The van der Waals surface area contributed by atoms with Crippen molar-refractivity contribution < 1.29 is 23.1 Å². The first kappa shape index (κ1) is 21.8. The molecule has 8 nitrogen and oxygen atoms in total. The maximum absolute atomic E-state index is 12.2. The van der Waals surface area contributed by atoms with Crippen LogP contribution >= 0.6 is 11.6 Å². The quantitative estimate of drug-likeness (QED) is 0.652. The Morgan fingerprint density at radius 2 is 2.04 bits per heavy atom. The molecule has 1 aromatic carbocycles. The van der Waals surface area contributed by atoms with Gasteiger partial charge >= 0.3 is 0 Å². The van der Waals surface area contributed by atoms with Gasteiger partial charge in [0.25, 0.3) is 5.91 Å². The summed E-state index contributed by atoms with van der Waals surface area (Å²) in [4.78, 5) is 20.2. The molecule has 2 rings (SSSR count). The Bertz CT molecular complexity index is 994. The highest BCUT2D eigenvalue weighted by atomic mass is 35.5. The van der Waals surface area contributed by atoms with Crippen molar-refractivity contribution in [3.8, 4) is 5.75 Å². The molecule has 0 spiro atoms. The van der Waals surface area contributed by atoms with E-state index in [0.29, 0.717) is 16.3 Å². The third kappa shape index (κ3) is 6.29. The van der Waals surface area contributed by atoms with Crippen LogP contribution in [0.2, 0.25) is 5.02 Å². The molecule has 0 saturated heterocycles. The zero-order valence-electron chi connectivity index (χ0n) is 15.5. The number of aliphatic hydroxyl groups excluding tert-OH is 1. The third-order valence-corrected chi connectivity index (χ3v) is 4.52. The standard InChI is InChI=1S/C18H20ClN3O5S/c1-11(8-9-28(3,25)26)21-17(23)16-20-10-15(12(2)22-16)27-18(24)13-6-4-5-7-14(13)19/h4-11,18,24H,1-3H3,(H,21,23)/b9-8+/t11-,18-/m1/s1. The van der Waals surface area contributed by atoms with Gasteiger partial charge in [0, 0.05) is 28.3 Å². The Morgan fingerprint density at radius 1 is 1.36 bits per heavy atom. The predicted octanol–water partition coefficient (Wildman–Crippen LogP) is 2.18. The maximum Gasteiger partial charge on any atom is 0.289 e. The first-order chi connectivity index (χ1) is 13.1. The normalized spacial score (nSPS) is 13.9. The summed E-state index contributed by atoms with van der Waals surface area (Å²) in [6.07, 6.45) is 2.35. The zero-order chi connectivity index (χ0) is 20.9.